The molecule has 0 saturated carbocycles. The third-order valence-corrected chi connectivity index (χ3v) is 7.91. The van der Waals surface area contributed by atoms with Gasteiger partial charge in [-0.15, -0.1) is 0 Å². The predicted molar refractivity (Wildman–Crippen MR) is 113 cm³/mol. The maximum atomic E-state index is 3.75. The van der Waals surface area contributed by atoms with Gasteiger partial charge < -0.3 is 4.90 Å². The first kappa shape index (κ1) is 16.7. The molecule has 5 heteroatoms. The van der Waals surface area contributed by atoms with E-state index in [0.29, 0.717) is 0 Å². The number of para-hydroxylation sites is 1. The summed E-state index contributed by atoms with van der Waals surface area (Å²) in [5.74, 6) is 0. The highest BCUT2D eigenvalue weighted by Gasteiger charge is 2.30. The second-order valence-corrected chi connectivity index (χ2v) is 9.09. The zero-order valence-corrected chi connectivity index (χ0v) is 18.3. The van der Waals surface area contributed by atoms with Gasteiger partial charge in [-0.3, -0.25) is 0 Å². The van der Waals surface area contributed by atoms with Crippen LogP contribution in [-0.2, 0) is 0 Å². The maximum Gasteiger partial charge on any atom is 0.0653 e. The minimum absolute atomic E-state index is 1.10. The Morgan fingerprint density at radius 2 is 1.54 bits per heavy atom. The molecule has 1 heterocycles. The quantitative estimate of drug-likeness (QED) is 0.246. The molecule has 3 aromatic carbocycles. The van der Waals surface area contributed by atoms with E-state index < -0.39 is 0 Å². The molecule has 1 aliphatic rings. The molecule has 120 valence electrons. The van der Waals surface area contributed by atoms with Crippen LogP contribution in [0, 0.1) is 6.92 Å². The fourth-order valence-electron chi connectivity index (χ4n) is 2.89. The van der Waals surface area contributed by atoms with Gasteiger partial charge in [0.2, 0.25) is 0 Å². The van der Waals surface area contributed by atoms with Gasteiger partial charge in [0.25, 0.3) is 0 Å². The average molecular weight is 526 g/mol. The van der Waals surface area contributed by atoms with Gasteiger partial charge in [0.05, 0.1) is 21.2 Å². The van der Waals surface area contributed by atoms with Crippen molar-refractivity contribution in [3.05, 3.63) is 73.6 Å². The fourth-order valence-corrected chi connectivity index (χ4v) is 6.00. The molecule has 0 aromatic heterocycles. The van der Waals surface area contributed by atoms with Crippen molar-refractivity contribution >= 4 is 76.6 Å². The van der Waals surface area contributed by atoms with Crippen LogP contribution in [0.25, 0.3) is 0 Å². The topological polar surface area (TPSA) is 3.24 Å². The number of halogens is 3. The van der Waals surface area contributed by atoms with Crippen LogP contribution in [0.3, 0.4) is 0 Å². The Morgan fingerprint density at radius 1 is 0.792 bits per heavy atom. The number of anilines is 3. The first-order chi connectivity index (χ1) is 11.6. The van der Waals surface area contributed by atoms with Crippen molar-refractivity contribution in [1.82, 2.24) is 0 Å². The SMILES string of the molecule is Cc1c(Br)cc(Br)c2c1N(c1ccccc1)c1cccc(Br)c1S2. The minimum atomic E-state index is 1.10. The second kappa shape index (κ2) is 6.52. The van der Waals surface area contributed by atoms with Gasteiger partial charge in [0, 0.05) is 19.1 Å². The Morgan fingerprint density at radius 3 is 2.29 bits per heavy atom. The van der Waals surface area contributed by atoms with Crippen LogP contribution >= 0.6 is 59.6 Å². The summed E-state index contributed by atoms with van der Waals surface area (Å²) < 4.78 is 3.32. The molecule has 0 unspecified atom stereocenters. The van der Waals surface area contributed by atoms with Gasteiger partial charge >= 0.3 is 0 Å². The largest absolute Gasteiger partial charge is 0.308 e. The summed E-state index contributed by atoms with van der Waals surface area (Å²) in [6.45, 7) is 2.16. The lowest BCUT2D eigenvalue weighted by Gasteiger charge is -2.35. The first-order valence-electron chi connectivity index (χ1n) is 7.38. The standard InChI is InChI=1S/C19H12Br3NS/c1-11-14(21)10-15(22)19-17(11)23(12-6-3-2-4-7-12)16-9-5-8-13(20)18(16)24-19/h2-10H,1H3. The molecule has 0 bridgehead atoms. The van der Waals surface area contributed by atoms with E-state index in [-0.39, 0.29) is 0 Å². The second-order valence-electron chi connectivity index (χ2n) is 5.50. The summed E-state index contributed by atoms with van der Waals surface area (Å²) >= 11 is 13.0. The summed E-state index contributed by atoms with van der Waals surface area (Å²) in [6, 6.07) is 19.0. The Hall–Kier alpha value is -0.750. The van der Waals surface area contributed by atoms with Crippen LogP contribution in [0.5, 0.6) is 0 Å². The maximum absolute atomic E-state index is 3.75. The Kier molecular flexibility index (Phi) is 4.54. The zero-order chi connectivity index (χ0) is 16.8. The van der Waals surface area contributed by atoms with Gasteiger partial charge in [0.15, 0.2) is 0 Å². The van der Waals surface area contributed by atoms with Crippen LogP contribution in [0.4, 0.5) is 17.1 Å². The monoisotopic (exact) mass is 523 g/mol. The summed E-state index contributed by atoms with van der Waals surface area (Å²) in [7, 11) is 0. The lowest BCUT2D eigenvalue weighted by molar-refractivity contribution is 1.12. The molecule has 0 fully saturated rings. The van der Waals surface area contributed by atoms with Gasteiger partial charge in [0.1, 0.15) is 0 Å². The Bertz CT molecular complexity index is 941. The van der Waals surface area contributed by atoms with Crippen LogP contribution < -0.4 is 4.90 Å². The lowest BCUT2D eigenvalue weighted by Crippen LogP contribution is -2.16. The van der Waals surface area contributed by atoms with E-state index in [2.05, 4.69) is 114 Å². The van der Waals surface area contributed by atoms with E-state index >= 15 is 0 Å². The molecule has 0 radical (unpaired) electrons. The number of hydrogen-bond acceptors (Lipinski definition) is 2. The molecule has 0 atom stereocenters. The van der Waals surface area contributed by atoms with E-state index in [1.807, 2.05) is 0 Å². The van der Waals surface area contributed by atoms with Crippen molar-refractivity contribution in [3.8, 4) is 0 Å². The van der Waals surface area contributed by atoms with E-state index in [9.17, 15) is 0 Å². The summed E-state index contributed by atoms with van der Waals surface area (Å²) in [6.07, 6.45) is 0. The molecule has 3 aromatic rings. The van der Waals surface area contributed by atoms with E-state index in [0.717, 1.165) is 19.1 Å². The molecular formula is C19H12Br3NS. The molecule has 1 aliphatic heterocycles. The van der Waals surface area contributed by atoms with Crippen LogP contribution in [-0.4, -0.2) is 0 Å². The smallest absolute Gasteiger partial charge is 0.0653 e. The van der Waals surface area contributed by atoms with Crippen LogP contribution in [0.2, 0.25) is 0 Å². The normalized spacial score (nSPS) is 12.8. The average Bonchev–Trinajstić information content (AvgIpc) is 2.59. The van der Waals surface area contributed by atoms with E-state index in [1.54, 1.807) is 11.8 Å². The number of nitrogens with zero attached hydrogens (tertiary/aromatic N) is 1. The third kappa shape index (κ3) is 2.66. The van der Waals surface area contributed by atoms with Crippen molar-refractivity contribution in [2.45, 2.75) is 16.7 Å². The van der Waals surface area contributed by atoms with Crippen molar-refractivity contribution in [3.63, 3.8) is 0 Å². The Labute approximate surface area is 170 Å². The van der Waals surface area contributed by atoms with Gasteiger partial charge in [-0.25, -0.2) is 0 Å². The lowest BCUT2D eigenvalue weighted by atomic mass is 10.1. The molecule has 4 rings (SSSR count). The zero-order valence-electron chi connectivity index (χ0n) is 12.7. The Balaban J connectivity index is 2.08. The molecule has 24 heavy (non-hydrogen) atoms. The predicted octanol–water partition coefficient (Wildman–Crippen LogP) is 8.22. The molecule has 0 N–H and O–H groups in total. The molecule has 1 nitrogen and oxygen atoms in total. The minimum Gasteiger partial charge on any atom is -0.308 e. The van der Waals surface area contributed by atoms with Crippen molar-refractivity contribution in [2.75, 3.05) is 4.90 Å². The highest BCUT2D eigenvalue weighted by atomic mass is 79.9. The highest BCUT2D eigenvalue weighted by Crippen LogP contribution is 2.57. The molecule has 0 saturated heterocycles. The fraction of sp³-hybridized carbons (Fsp3) is 0.0526. The molecular weight excluding hydrogens is 514 g/mol. The van der Waals surface area contributed by atoms with Gasteiger partial charge in [-0.2, -0.15) is 0 Å². The number of benzene rings is 3. The molecule has 0 aliphatic carbocycles. The summed E-state index contributed by atoms with van der Waals surface area (Å²) in [5, 5.41) is 0. The van der Waals surface area contributed by atoms with Crippen molar-refractivity contribution in [1.29, 1.82) is 0 Å². The van der Waals surface area contributed by atoms with Gasteiger partial charge in [-0.1, -0.05) is 52.0 Å². The summed E-state index contributed by atoms with van der Waals surface area (Å²) in [4.78, 5) is 4.81. The molecule has 0 amide bonds. The highest BCUT2D eigenvalue weighted by molar-refractivity contribution is 9.11. The number of hydrogen-bond donors (Lipinski definition) is 0. The molecule has 0 spiro atoms. The third-order valence-electron chi connectivity index (χ3n) is 4.03. The first-order valence-corrected chi connectivity index (χ1v) is 10.6. The van der Waals surface area contributed by atoms with Crippen molar-refractivity contribution < 1.29 is 0 Å². The number of rotatable bonds is 1. The summed E-state index contributed by atoms with van der Waals surface area (Å²) in [5.41, 5.74) is 4.81. The van der Waals surface area contributed by atoms with E-state index in [1.165, 1.54) is 26.7 Å². The van der Waals surface area contributed by atoms with Crippen molar-refractivity contribution in [2.24, 2.45) is 0 Å². The number of fused-ring (bicyclic) bond motifs is 2. The van der Waals surface area contributed by atoms with Gasteiger partial charge in [-0.05, 0) is 74.7 Å². The van der Waals surface area contributed by atoms with Crippen LogP contribution in [0.1, 0.15) is 5.56 Å². The van der Waals surface area contributed by atoms with Crippen LogP contribution in [0.15, 0.2) is 77.8 Å². The van der Waals surface area contributed by atoms with E-state index in [4.69, 9.17) is 0 Å².